The Morgan fingerprint density at radius 2 is 2.26 bits per heavy atom. The number of fused-ring (bicyclic) bond motifs is 1. The highest BCUT2D eigenvalue weighted by atomic mass is 79.9. The molecule has 0 radical (unpaired) electrons. The molecule has 0 aliphatic heterocycles. The van der Waals surface area contributed by atoms with Gasteiger partial charge in [-0.1, -0.05) is 0 Å². The number of pyridine rings is 1. The summed E-state index contributed by atoms with van der Waals surface area (Å²) in [5.41, 5.74) is 8.55. The van der Waals surface area contributed by atoms with Gasteiger partial charge in [0.1, 0.15) is 0 Å². The van der Waals surface area contributed by atoms with Gasteiger partial charge in [0.2, 0.25) is 0 Å². The second kappa shape index (κ2) is 6.21. The van der Waals surface area contributed by atoms with Crippen LogP contribution in [0.5, 0.6) is 0 Å². The standard InChI is InChI=1S/C14H18BrN3O/c1-9(3-2-6-19)18-13-5-4-12(16)11-7-10(15)8-17-14(11)13/h4-5,7-9,18-19H,2-3,6,16H2,1H3. The molecule has 4 nitrogen and oxygen atoms in total. The Morgan fingerprint density at radius 1 is 1.47 bits per heavy atom. The first-order valence-electron chi connectivity index (χ1n) is 6.33. The predicted molar refractivity (Wildman–Crippen MR) is 83.3 cm³/mol. The second-order valence-corrected chi connectivity index (χ2v) is 5.58. The number of nitrogens with two attached hydrogens (primary N) is 1. The Labute approximate surface area is 121 Å². The minimum atomic E-state index is 0.222. The summed E-state index contributed by atoms with van der Waals surface area (Å²) in [4.78, 5) is 4.44. The highest BCUT2D eigenvalue weighted by Crippen LogP contribution is 2.29. The van der Waals surface area contributed by atoms with Crippen LogP contribution in [0.4, 0.5) is 11.4 Å². The van der Waals surface area contributed by atoms with E-state index in [-0.39, 0.29) is 12.6 Å². The maximum absolute atomic E-state index is 8.86. The molecule has 0 spiro atoms. The summed E-state index contributed by atoms with van der Waals surface area (Å²) < 4.78 is 0.914. The van der Waals surface area contributed by atoms with Crippen molar-refractivity contribution in [1.29, 1.82) is 0 Å². The van der Waals surface area contributed by atoms with E-state index in [0.717, 1.165) is 39.6 Å². The number of halogens is 1. The third-order valence-electron chi connectivity index (χ3n) is 3.05. The molecule has 19 heavy (non-hydrogen) atoms. The fourth-order valence-corrected chi connectivity index (χ4v) is 2.40. The zero-order chi connectivity index (χ0) is 13.8. The number of anilines is 2. The molecule has 0 bridgehead atoms. The molecule has 0 aliphatic carbocycles. The fraction of sp³-hybridized carbons (Fsp3) is 0.357. The van der Waals surface area contributed by atoms with Crippen LogP contribution >= 0.6 is 15.9 Å². The average molecular weight is 324 g/mol. The highest BCUT2D eigenvalue weighted by molar-refractivity contribution is 9.10. The zero-order valence-corrected chi connectivity index (χ0v) is 12.4. The first-order valence-corrected chi connectivity index (χ1v) is 7.12. The molecule has 1 aromatic carbocycles. The Hall–Kier alpha value is -1.33. The molecule has 1 unspecified atom stereocenters. The monoisotopic (exact) mass is 323 g/mol. The van der Waals surface area contributed by atoms with Crippen LogP contribution in [-0.2, 0) is 0 Å². The Morgan fingerprint density at radius 3 is 3.00 bits per heavy atom. The Bertz CT molecular complexity index is 574. The summed E-state index contributed by atoms with van der Waals surface area (Å²) in [6.45, 7) is 2.32. The molecule has 1 aromatic heterocycles. The van der Waals surface area contributed by atoms with E-state index < -0.39 is 0 Å². The maximum atomic E-state index is 8.86. The quantitative estimate of drug-likeness (QED) is 0.739. The molecule has 102 valence electrons. The Balaban J connectivity index is 2.31. The van der Waals surface area contributed by atoms with Gasteiger partial charge in [-0.05, 0) is 53.9 Å². The van der Waals surface area contributed by atoms with Gasteiger partial charge >= 0.3 is 0 Å². The summed E-state index contributed by atoms with van der Waals surface area (Å²) in [6, 6.07) is 6.09. The number of aromatic nitrogens is 1. The van der Waals surface area contributed by atoms with Crippen molar-refractivity contribution >= 4 is 38.2 Å². The first-order chi connectivity index (χ1) is 9.11. The van der Waals surface area contributed by atoms with E-state index in [1.165, 1.54) is 0 Å². The van der Waals surface area contributed by atoms with Crippen molar-refractivity contribution in [3.63, 3.8) is 0 Å². The van der Waals surface area contributed by atoms with Gasteiger partial charge in [0.15, 0.2) is 0 Å². The average Bonchev–Trinajstić information content (AvgIpc) is 2.40. The molecule has 5 heteroatoms. The first kappa shape index (κ1) is 14.1. The van der Waals surface area contributed by atoms with Crippen molar-refractivity contribution in [2.75, 3.05) is 17.7 Å². The molecule has 0 amide bonds. The van der Waals surface area contributed by atoms with Crippen LogP contribution in [0, 0.1) is 0 Å². The summed E-state index contributed by atoms with van der Waals surface area (Å²) in [5.74, 6) is 0. The summed E-state index contributed by atoms with van der Waals surface area (Å²) in [6.07, 6.45) is 3.48. The number of nitrogens with zero attached hydrogens (tertiary/aromatic N) is 1. The second-order valence-electron chi connectivity index (χ2n) is 4.66. The van der Waals surface area contributed by atoms with E-state index in [0.29, 0.717) is 0 Å². The van der Waals surface area contributed by atoms with Gasteiger partial charge in [0, 0.05) is 34.4 Å². The van der Waals surface area contributed by atoms with E-state index in [1.807, 2.05) is 18.2 Å². The predicted octanol–water partition coefficient (Wildman–Crippen LogP) is 3.15. The number of nitrogen functional groups attached to an aromatic ring is 1. The van der Waals surface area contributed by atoms with Gasteiger partial charge in [0.25, 0.3) is 0 Å². The topological polar surface area (TPSA) is 71.2 Å². The lowest BCUT2D eigenvalue weighted by molar-refractivity contribution is 0.282. The van der Waals surface area contributed by atoms with Crippen LogP contribution in [0.25, 0.3) is 10.9 Å². The normalized spacial score (nSPS) is 12.6. The molecule has 0 saturated carbocycles. The highest BCUT2D eigenvalue weighted by Gasteiger charge is 2.08. The summed E-state index contributed by atoms with van der Waals surface area (Å²) in [5, 5.41) is 13.2. The number of aliphatic hydroxyl groups excluding tert-OH is 1. The number of nitrogens with one attached hydrogen (secondary N) is 1. The van der Waals surface area contributed by atoms with E-state index in [1.54, 1.807) is 6.20 Å². The molecule has 2 rings (SSSR count). The van der Waals surface area contributed by atoms with E-state index in [4.69, 9.17) is 10.8 Å². The lowest BCUT2D eigenvalue weighted by atomic mass is 10.1. The summed E-state index contributed by atoms with van der Waals surface area (Å²) in [7, 11) is 0. The molecule has 0 saturated heterocycles. The largest absolute Gasteiger partial charge is 0.398 e. The zero-order valence-electron chi connectivity index (χ0n) is 10.9. The van der Waals surface area contributed by atoms with E-state index in [2.05, 4.69) is 33.2 Å². The van der Waals surface area contributed by atoms with Crippen LogP contribution in [0.3, 0.4) is 0 Å². The molecule has 1 heterocycles. The third-order valence-corrected chi connectivity index (χ3v) is 3.48. The molecule has 0 fully saturated rings. The fourth-order valence-electron chi connectivity index (χ4n) is 2.07. The van der Waals surface area contributed by atoms with Crippen molar-refractivity contribution in [1.82, 2.24) is 4.98 Å². The van der Waals surface area contributed by atoms with Crippen LogP contribution in [0.15, 0.2) is 28.9 Å². The van der Waals surface area contributed by atoms with Crippen molar-refractivity contribution in [2.24, 2.45) is 0 Å². The van der Waals surface area contributed by atoms with Gasteiger partial charge in [-0.25, -0.2) is 0 Å². The number of hydrogen-bond acceptors (Lipinski definition) is 4. The number of hydrogen-bond donors (Lipinski definition) is 3. The number of aliphatic hydroxyl groups is 1. The molecule has 1 atom stereocenters. The van der Waals surface area contributed by atoms with E-state index >= 15 is 0 Å². The van der Waals surface area contributed by atoms with Crippen molar-refractivity contribution < 1.29 is 5.11 Å². The molecule has 2 aromatic rings. The van der Waals surface area contributed by atoms with Crippen molar-refractivity contribution in [2.45, 2.75) is 25.8 Å². The van der Waals surface area contributed by atoms with E-state index in [9.17, 15) is 0 Å². The maximum Gasteiger partial charge on any atom is 0.0954 e. The summed E-state index contributed by atoms with van der Waals surface area (Å²) >= 11 is 3.41. The number of benzene rings is 1. The molecule has 4 N–H and O–H groups in total. The van der Waals surface area contributed by atoms with Crippen LogP contribution in [-0.4, -0.2) is 22.7 Å². The van der Waals surface area contributed by atoms with Crippen LogP contribution in [0.1, 0.15) is 19.8 Å². The number of rotatable bonds is 5. The van der Waals surface area contributed by atoms with Gasteiger partial charge < -0.3 is 16.2 Å². The molecular weight excluding hydrogens is 306 g/mol. The van der Waals surface area contributed by atoms with Gasteiger partial charge in [0.05, 0.1) is 11.2 Å². The van der Waals surface area contributed by atoms with Gasteiger partial charge in [-0.3, -0.25) is 4.98 Å². The van der Waals surface area contributed by atoms with Gasteiger partial charge in [-0.15, -0.1) is 0 Å². The van der Waals surface area contributed by atoms with Gasteiger partial charge in [-0.2, -0.15) is 0 Å². The third kappa shape index (κ3) is 3.36. The van der Waals surface area contributed by atoms with Crippen molar-refractivity contribution in [3.05, 3.63) is 28.9 Å². The minimum absolute atomic E-state index is 0.222. The lowest BCUT2D eigenvalue weighted by Crippen LogP contribution is -2.16. The smallest absolute Gasteiger partial charge is 0.0954 e. The van der Waals surface area contributed by atoms with Crippen LogP contribution in [0.2, 0.25) is 0 Å². The SMILES string of the molecule is CC(CCCO)Nc1ccc(N)c2cc(Br)cnc12. The van der Waals surface area contributed by atoms with Crippen LogP contribution < -0.4 is 11.1 Å². The Kier molecular flexibility index (Phi) is 4.61. The lowest BCUT2D eigenvalue weighted by Gasteiger charge is -2.16. The minimum Gasteiger partial charge on any atom is -0.398 e. The molecule has 0 aliphatic rings. The molecular formula is C14H18BrN3O. The van der Waals surface area contributed by atoms with Crippen molar-refractivity contribution in [3.8, 4) is 0 Å².